The van der Waals surface area contributed by atoms with Crippen molar-refractivity contribution in [1.82, 2.24) is 5.32 Å². The van der Waals surface area contributed by atoms with E-state index in [1.165, 1.54) is 32.1 Å². The molecule has 3 rings (SSSR count). The number of thiocarbonyl (C=S) groups is 1. The number of para-hydroxylation sites is 1. The number of hydrogen-bond acceptors (Lipinski definition) is 4. The molecule has 2 aromatic carbocycles. The zero-order chi connectivity index (χ0) is 19.2. The van der Waals surface area contributed by atoms with Crippen LogP contribution in [-0.4, -0.2) is 30.7 Å². The predicted molar refractivity (Wildman–Crippen MR) is 114 cm³/mol. The molecule has 0 aliphatic carbocycles. The number of nitrogens with one attached hydrogen (secondary N) is 2. The molecule has 1 amide bonds. The molecule has 0 unspecified atom stereocenters. The van der Waals surface area contributed by atoms with Crippen molar-refractivity contribution in [3.63, 3.8) is 0 Å². The summed E-state index contributed by atoms with van der Waals surface area (Å²) in [5.74, 6) is 0.210. The molecule has 0 saturated carbocycles. The second-order valence-corrected chi connectivity index (χ2v) is 7.10. The minimum atomic E-state index is -0.302. The van der Waals surface area contributed by atoms with Crippen molar-refractivity contribution < 1.29 is 9.53 Å². The molecule has 0 spiro atoms. The van der Waals surface area contributed by atoms with E-state index in [0.29, 0.717) is 17.4 Å². The van der Waals surface area contributed by atoms with Gasteiger partial charge in [0.05, 0.1) is 12.7 Å². The van der Waals surface area contributed by atoms with Gasteiger partial charge in [0.25, 0.3) is 5.91 Å². The van der Waals surface area contributed by atoms with E-state index < -0.39 is 0 Å². The standard InChI is InChI=1S/C21H25N3O2S/c1-15-7-5-6-14-24(15)17-12-10-16(11-13-17)22-21(27)23-20(25)18-8-3-4-9-19(18)26-2/h3-4,8-13,15H,5-7,14H2,1-2H3,(H2,22,23,25,27)/t15-/m1/s1. The minimum Gasteiger partial charge on any atom is -0.496 e. The highest BCUT2D eigenvalue weighted by Gasteiger charge is 2.18. The van der Waals surface area contributed by atoms with Crippen LogP contribution < -0.4 is 20.3 Å². The van der Waals surface area contributed by atoms with Gasteiger partial charge in [0.15, 0.2) is 5.11 Å². The molecule has 2 aromatic rings. The Morgan fingerprint density at radius 1 is 1.15 bits per heavy atom. The SMILES string of the molecule is COc1ccccc1C(=O)NC(=S)Nc1ccc(N2CCCC[C@H]2C)cc1. The van der Waals surface area contributed by atoms with Crippen LogP contribution in [-0.2, 0) is 0 Å². The maximum Gasteiger partial charge on any atom is 0.261 e. The number of carbonyl (C=O) groups is 1. The third kappa shape index (κ3) is 4.77. The van der Waals surface area contributed by atoms with Gasteiger partial charge in [-0.05, 0) is 74.8 Å². The fourth-order valence-electron chi connectivity index (χ4n) is 3.38. The topological polar surface area (TPSA) is 53.6 Å². The molecule has 142 valence electrons. The highest BCUT2D eigenvalue weighted by molar-refractivity contribution is 7.80. The van der Waals surface area contributed by atoms with Gasteiger partial charge in [0.2, 0.25) is 0 Å². The van der Waals surface area contributed by atoms with Crippen LogP contribution in [0.5, 0.6) is 5.75 Å². The van der Waals surface area contributed by atoms with Crippen LogP contribution in [0.4, 0.5) is 11.4 Å². The van der Waals surface area contributed by atoms with E-state index in [1.54, 1.807) is 18.2 Å². The first kappa shape index (κ1) is 19.2. The van der Waals surface area contributed by atoms with Crippen molar-refractivity contribution in [3.05, 3.63) is 54.1 Å². The average molecular weight is 384 g/mol. The monoisotopic (exact) mass is 383 g/mol. The van der Waals surface area contributed by atoms with Crippen LogP contribution >= 0.6 is 12.2 Å². The third-order valence-electron chi connectivity index (χ3n) is 4.84. The summed E-state index contributed by atoms with van der Waals surface area (Å²) in [4.78, 5) is 14.8. The second-order valence-electron chi connectivity index (χ2n) is 6.69. The van der Waals surface area contributed by atoms with Crippen LogP contribution in [0.15, 0.2) is 48.5 Å². The Kier molecular flexibility index (Phi) is 6.29. The van der Waals surface area contributed by atoms with E-state index in [0.717, 1.165) is 12.2 Å². The number of benzene rings is 2. The smallest absolute Gasteiger partial charge is 0.261 e. The van der Waals surface area contributed by atoms with Crippen LogP contribution in [0, 0.1) is 0 Å². The molecule has 1 aliphatic rings. The Labute approximate surface area is 165 Å². The maximum absolute atomic E-state index is 12.4. The molecule has 0 bridgehead atoms. The predicted octanol–water partition coefficient (Wildman–Crippen LogP) is 4.20. The number of piperidine rings is 1. The number of carbonyl (C=O) groups excluding carboxylic acids is 1. The molecule has 1 aliphatic heterocycles. The molecule has 1 fully saturated rings. The molecule has 27 heavy (non-hydrogen) atoms. The lowest BCUT2D eigenvalue weighted by atomic mass is 10.0. The number of nitrogens with zero attached hydrogens (tertiary/aromatic N) is 1. The summed E-state index contributed by atoms with van der Waals surface area (Å²) >= 11 is 5.27. The van der Waals surface area contributed by atoms with Crippen LogP contribution in [0.1, 0.15) is 36.5 Å². The highest BCUT2D eigenvalue weighted by Crippen LogP contribution is 2.25. The van der Waals surface area contributed by atoms with E-state index >= 15 is 0 Å². The summed E-state index contributed by atoms with van der Waals surface area (Å²) in [5, 5.41) is 6.01. The summed E-state index contributed by atoms with van der Waals surface area (Å²) in [5.41, 5.74) is 2.50. The molecule has 1 saturated heterocycles. The Balaban J connectivity index is 1.60. The van der Waals surface area contributed by atoms with Crippen molar-refractivity contribution in [3.8, 4) is 5.75 Å². The van der Waals surface area contributed by atoms with Crippen molar-refractivity contribution in [2.75, 3.05) is 23.9 Å². The van der Waals surface area contributed by atoms with E-state index in [9.17, 15) is 4.79 Å². The van der Waals surface area contributed by atoms with E-state index in [-0.39, 0.29) is 11.0 Å². The Hall–Kier alpha value is -2.60. The fraction of sp³-hybridized carbons (Fsp3) is 0.333. The molecule has 1 atom stereocenters. The van der Waals surface area contributed by atoms with Gasteiger partial charge < -0.3 is 15.0 Å². The highest BCUT2D eigenvalue weighted by atomic mass is 32.1. The lowest BCUT2D eigenvalue weighted by Crippen LogP contribution is -2.37. The number of rotatable bonds is 4. The Morgan fingerprint density at radius 2 is 1.89 bits per heavy atom. The van der Waals surface area contributed by atoms with Gasteiger partial charge in [0, 0.05) is 24.0 Å². The van der Waals surface area contributed by atoms with Crippen LogP contribution in [0.3, 0.4) is 0 Å². The zero-order valence-electron chi connectivity index (χ0n) is 15.7. The third-order valence-corrected chi connectivity index (χ3v) is 5.04. The minimum absolute atomic E-state index is 0.255. The van der Waals surface area contributed by atoms with Crippen molar-refractivity contribution in [2.24, 2.45) is 0 Å². The van der Waals surface area contributed by atoms with Gasteiger partial charge in [-0.3, -0.25) is 10.1 Å². The number of methoxy groups -OCH3 is 1. The van der Waals surface area contributed by atoms with Gasteiger partial charge in [-0.15, -0.1) is 0 Å². The zero-order valence-corrected chi connectivity index (χ0v) is 16.5. The van der Waals surface area contributed by atoms with E-state index in [1.807, 2.05) is 18.2 Å². The molecule has 2 N–H and O–H groups in total. The number of anilines is 2. The maximum atomic E-state index is 12.4. The first-order valence-corrected chi connectivity index (χ1v) is 9.61. The van der Waals surface area contributed by atoms with Gasteiger partial charge in [-0.2, -0.15) is 0 Å². The molecule has 0 aromatic heterocycles. The second kappa shape index (κ2) is 8.86. The van der Waals surface area contributed by atoms with Gasteiger partial charge in [-0.25, -0.2) is 0 Å². The molecule has 1 heterocycles. The van der Waals surface area contributed by atoms with Crippen molar-refractivity contribution >= 4 is 34.6 Å². The Bertz CT molecular complexity index is 807. The summed E-state index contributed by atoms with van der Waals surface area (Å²) in [6.45, 7) is 3.37. The van der Waals surface area contributed by atoms with Crippen LogP contribution in [0.2, 0.25) is 0 Å². The fourth-order valence-corrected chi connectivity index (χ4v) is 3.59. The van der Waals surface area contributed by atoms with Crippen LogP contribution in [0.25, 0.3) is 0 Å². The van der Waals surface area contributed by atoms with Crippen molar-refractivity contribution in [1.29, 1.82) is 0 Å². The largest absolute Gasteiger partial charge is 0.496 e. The number of hydrogen-bond donors (Lipinski definition) is 2. The molecular weight excluding hydrogens is 358 g/mol. The first-order chi connectivity index (χ1) is 13.1. The van der Waals surface area contributed by atoms with E-state index in [4.69, 9.17) is 17.0 Å². The number of ether oxygens (including phenoxy) is 1. The average Bonchev–Trinajstić information content (AvgIpc) is 2.69. The molecular formula is C21H25N3O2S. The first-order valence-electron chi connectivity index (χ1n) is 9.20. The summed E-state index contributed by atoms with van der Waals surface area (Å²) in [6, 6.07) is 15.8. The Morgan fingerprint density at radius 3 is 2.59 bits per heavy atom. The summed E-state index contributed by atoms with van der Waals surface area (Å²) in [6.07, 6.45) is 3.78. The lowest BCUT2D eigenvalue weighted by molar-refractivity contribution is 0.0975. The molecule has 5 nitrogen and oxygen atoms in total. The normalized spacial score (nSPS) is 16.5. The van der Waals surface area contributed by atoms with Crippen molar-refractivity contribution in [2.45, 2.75) is 32.2 Å². The van der Waals surface area contributed by atoms with Gasteiger partial charge in [-0.1, -0.05) is 12.1 Å². The molecule has 6 heteroatoms. The lowest BCUT2D eigenvalue weighted by Gasteiger charge is -2.35. The molecule has 0 radical (unpaired) electrons. The van der Waals surface area contributed by atoms with E-state index in [2.05, 4.69) is 34.6 Å². The van der Waals surface area contributed by atoms with Gasteiger partial charge >= 0.3 is 0 Å². The number of amides is 1. The summed E-state index contributed by atoms with van der Waals surface area (Å²) < 4.78 is 5.22. The quantitative estimate of drug-likeness (QED) is 0.775. The summed E-state index contributed by atoms with van der Waals surface area (Å²) in [7, 11) is 1.54. The van der Waals surface area contributed by atoms with Gasteiger partial charge in [0.1, 0.15) is 5.75 Å².